The van der Waals surface area contributed by atoms with Crippen LogP contribution >= 0.6 is 0 Å². The zero-order chi connectivity index (χ0) is 14.8. The van der Waals surface area contributed by atoms with Gasteiger partial charge in [-0.2, -0.15) is 0 Å². The molecule has 0 unspecified atom stereocenters. The topological polar surface area (TPSA) is 16.1 Å². The van der Waals surface area contributed by atoms with E-state index in [2.05, 4.69) is 54.9 Å². The largest absolute Gasteiger partial charge is 0.351 e. The summed E-state index contributed by atoms with van der Waals surface area (Å²) in [6, 6.07) is 8.67. The first kappa shape index (κ1) is 14.8. The monoisotopic (exact) mass is 270 g/mol. The highest BCUT2D eigenvalue weighted by atomic mass is 15.3. The van der Waals surface area contributed by atoms with Gasteiger partial charge in [-0.25, -0.2) is 4.98 Å². The predicted molar refractivity (Wildman–Crippen MR) is 88.5 cm³/mol. The fourth-order valence-electron chi connectivity index (χ4n) is 2.99. The fraction of sp³-hybridized carbons (Fsp3) is 0.500. The van der Waals surface area contributed by atoms with Gasteiger partial charge in [-0.15, -0.1) is 0 Å². The van der Waals surface area contributed by atoms with Crippen molar-refractivity contribution < 1.29 is 0 Å². The molecule has 1 aliphatic rings. The molecule has 0 atom stereocenters. The zero-order valence-electron chi connectivity index (χ0n) is 13.4. The standard InChI is InChI=1S/C16H20N2.C2H6/c1-12-6-4-7-13-10-15(17-11-14(12)13)18-9-5-8-16(18,2)3;1-2/h4,6-7,10-11H,5,8-9H2,1-3H3;1-2H3. The Kier molecular flexibility index (Phi) is 4.32. The van der Waals surface area contributed by atoms with Crippen molar-refractivity contribution in [2.75, 3.05) is 11.4 Å². The molecule has 2 heterocycles. The molecular weight excluding hydrogens is 244 g/mol. The summed E-state index contributed by atoms with van der Waals surface area (Å²) in [4.78, 5) is 7.11. The lowest BCUT2D eigenvalue weighted by Gasteiger charge is -2.32. The molecule has 2 aromatic rings. The normalized spacial score (nSPS) is 16.9. The van der Waals surface area contributed by atoms with Crippen LogP contribution in [-0.4, -0.2) is 17.1 Å². The Bertz CT molecular complexity index is 587. The molecule has 1 aliphatic heterocycles. The molecule has 2 nitrogen and oxygen atoms in total. The lowest BCUT2D eigenvalue weighted by atomic mass is 10.0. The van der Waals surface area contributed by atoms with Crippen LogP contribution in [0.15, 0.2) is 30.5 Å². The molecule has 1 aromatic heterocycles. The minimum absolute atomic E-state index is 0.241. The van der Waals surface area contributed by atoms with Crippen molar-refractivity contribution in [3.05, 3.63) is 36.0 Å². The summed E-state index contributed by atoms with van der Waals surface area (Å²) in [5.74, 6) is 1.12. The van der Waals surface area contributed by atoms with Crippen molar-refractivity contribution in [2.45, 2.75) is 53.0 Å². The van der Waals surface area contributed by atoms with Crippen LogP contribution in [0.3, 0.4) is 0 Å². The summed E-state index contributed by atoms with van der Waals surface area (Å²) < 4.78 is 0. The van der Waals surface area contributed by atoms with Crippen molar-refractivity contribution in [3.8, 4) is 0 Å². The molecule has 0 N–H and O–H groups in total. The van der Waals surface area contributed by atoms with Gasteiger partial charge in [0.25, 0.3) is 0 Å². The Balaban J connectivity index is 0.000000704. The van der Waals surface area contributed by atoms with Gasteiger partial charge in [-0.3, -0.25) is 0 Å². The van der Waals surface area contributed by atoms with Gasteiger partial charge in [0.2, 0.25) is 0 Å². The van der Waals surface area contributed by atoms with Crippen LogP contribution in [0.5, 0.6) is 0 Å². The Morgan fingerprint density at radius 2 is 1.95 bits per heavy atom. The van der Waals surface area contributed by atoms with Crippen LogP contribution in [0.2, 0.25) is 0 Å². The number of hydrogen-bond acceptors (Lipinski definition) is 2. The SMILES string of the molecule is CC.Cc1cccc2cc(N3CCCC3(C)C)ncc12. The van der Waals surface area contributed by atoms with Crippen LogP contribution in [0.25, 0.3) is 10.8 Å². The van der Waals surface area contributed by atoms with E-state index in [1.807, 2.05) is 20.0 Å². The van der Waals surface area contributed by atoms with E-state index in [4.69, 9.17) is 0 Å². The second kappa shape index (κ2) is 5.82. The first-order valence-electron chi connectivity index (χ1n) is 7.71. The van der Waals surface area contributed by atoms with Gasteiger partial charge in [0, 0.05) is 23.7 Å². The maximum atomic E-state index is 4.67. The molecular formula is C18H26N2. The van der Waals surface area contributed by atoms with Gasteiger partial charge in [-0.05, 0) is 50.6 Å². The second-order valence-electron chi connectivity index (χ2n) is 5.91. The number of fused-ring (bicyclic) bond motifs is 1. The molecule has 2 heteroatoms. The van der Waals surface area contributed by atoms with Crippen LogP contribution in [0.1, 0.15) is 46.1 Å². The van der Waals surface area contributed by atoms with Crippen LogP contribution in [0, 0.1) is 6.92 Å². The maximum absolute atomic E-state index is 4.67. The molecule has 0 bridgehead atoms. The highest BCUT2D eigenvalue weighted by Crippen LogP contribution is 2.33. The molecule has 20 heavy (non-hydrogen) atoms. The van der Waals surface area contributed by atoms with Gasteiger partial charge in [0.1, 0.15) is 5.82 Å². The van der Waals surface area contributed by atoms with Crippen molar-refractivity contribution in [1.82, 2.24) is 4.98 Å². The third kappa shape index (κ3) is 2.65. The van der Waals surface area contributed by atoms with E-state index in [0.29, 0.717) is 0 Å². The summed E-state index contributed by atoms with van der Waals surface area (Å²) in [6.07, 6.45) is 4.54. The van der Waals surface area contributed by atoms with E-state index in [9.17, 15) is 0 Å². The van der Waals surface area contributed by atoms with Crippen LogP contribution in [0.4, 0.5) is 5.82 Å². The van der Waals surface area contributed by atoms with Crippen molar-refractivity contribution >= 4 is 16.6 Å². The smallest absolute Gasteiger partial charge is 0.129 e. The second-order valence-corrected chi connectivity index (χ2v) is 5.91. The van der Waals surface area contributed by atoms with Gasteiger partial charge in [0.15, 0.2) is 0 Å². The van der Waals surface area contributed by atoms with Crippen molar-refractivity contribution in [3.63, 3.8) is 0 Å². The van der Waals surface area contributed by atoms with E-state index in [1.54, 1.807) is 0 Å². The molecule has 0 amide bonds. The number of rotatable bonds is 1. The summed E-state index contributed by atoms with van der Waals surface area (Å²) in [6.45, 7) is 11.9. The van der Waals surface area contributed by atoms with Gasteiger partial charge in [0.05, 0.1) is 0 Å². The minimum atomic E-state index is 0.241. The highest BCUT2D eigenvalue weighted by Gasteiger charge is 2.32. The van der Waals surface area contributed by atoms with E-state index in [1.165, 1.54) is 29.2 Å². The summed E-state index contributed by atoms with van der Waals surface area (Å²) in [5.41, 5.74) is 1.54. The number of aromatic nitrogens is 1. The minimum Gasteiger partial charge on any atom is -0.351 e. The number of benzene rings is 1. The number of aryl methyl sites for hydroxylation is 1. The van der Waals surface area contributed by atoms with Crippen molar-refractivity contribution in [1.29, 1.82) is 0 Å². The molecule has 0 aliphatic carbocycles. The molecule has 3 rings (SSSR count). The molecule has 1 aromatic carbocycles. The average molecular weight is 270 g/mol. The molecule has 0 saturated carbocycles. The van der Waals surface area contributed by atoms with Gasteiger partial charge in [-0.1, -0.05) is 32.0 Å². The quantitative estimate of drug-likeness (QED) is 0.729. The molecule has 108 valence electrons. The molecule has 1 fully saturated rings. The van der Waals surface area contributed by atoms with E-state index in [0.717, 1.165) is 12.4 Å². The van der Waals surface area contributed by atoms with Crippen molar-refractivity contribution in [2.24, 2.45) is 0 Å². The Hall–Kier alpha value is -1.57. The lowest BCUT2D eigenvalue weighted by molar-refractivity contribution is 0.514. The maximum Gasteiger partial charge on any atom is 0.129 e. The zero-order valence-corrected chi connectivity index (χ0v) is 13.4. The average Bonchev–Trinajstić information content (AvgIpc) is 2.80. The molecule has 0 spiro atoms. The summed E-state index contributed by atoms with van der Waals surface area (Å²) in [5, 5.41) is 2.56. The third-order valence-electron chi connectivity index (χ3n) is 4.15. The first-order chi connectivity index (χ1) is 9.58. The number of nitrogens with zero attached hydrogens (tertiary/aromatic N) is 2. The van der Waals surface area contributed by atoms with Crippen LogP contribution in [-0.2, 0) is 0 Å². The number of hydrogen-bond donors (Lipinski definition) is 0. The molecule has 1 saturated heterocycles. The lowest BCUT2D eigenvalue weighted by Crippen LogP contribution is -2.38. The number of anilines is 1. The molecule has 0 radical (unpaired) electrons. The predicted octanol–water partition coefficient (Wildman–Crippen LogP) is 4.95. The van der Waals surface area contributed by atoms with E-state index < -0.39 is 0 Å². The Labute approximate surface area is 122 Å². The first-order valence-corrected chi connectivity index (χ1v) is 7.71. The highest BCUT2D eigenvalue weighted by molar-refractivity contribution is 5.86. The number of pyridine rings is 1. The fourth-order valence-corrected chi connectivity index (χ4v) is 2.99. The van der Waals surface area contributed by atoms with E-state index >= 15 is 0 Å². The van der Waals surface area contributed by atoms with Crippen LogP contribution < -0.4 is 4.90 Å². The Morgan fingerprint density at radius 1 is 1.20 bits per heavy atom. The van der Waals surface area contributed by atoms with E-state index in [-0.39, 0.29) is 5.54 Å². The summed E-state index contributed by atoms with van der Waals surface area (Å²) in [7, 11) is 0. The van der Waals surface area contributed by atoms with Gasteiger partial charge < -0.3 is 4.90 Å². The summed E-state index contributed by atoms with van der Waals surface area (Å²) >= 11 is 0. The Morgan fingerprint density at radius 3 is 2.60 bits per heavy atom. The third-order valence-corrected chi connectivity index (χ3v) is 4.15. The van der Waals surface area contributed by atoms with Gasteiger partial charge >= 0.3 is 0 Å².